The number of nitrogens with zero attached hydrogens (tertiary/aromatic N) is 8. The van der Waals surface area contributed by atoms with Gasteiger partial charge in [-0.05, 0) is 47.5 Å². The van der Waals surface area contributed by atoms with Crippen LogP contribution in [0, 0.1) is 11.6 Å². The Balaban J connectivity index is 0.000000219. The molecule has 4 aromatic carbocycles. The van der Waals surface area contributed by atoms with Gasteiger partial charge < -0.3 is 34.4 Å². The summed E-state index contributed by atoms with van der Waals surface area (Å²) < 4.78 is 97.9. The zero-order chi connectivity index (χ0) is 52.9. The first-order chi connectivity index (χ1) is 33.9. The van der Waals surface area contributed by atoms with E-state index in [9.17, 15) is 35.2 Å². The molecule has 26 heteroatoms. The first-order valence-electron chi connectivity index (χ1n) is 20.7. The van der Waals surface area contributed by atoms with Gasteiger partial charge in [0.15, 0.2) is 34.6 Å². The van der Waals surface area contributed by atoms with Gasteiger partial charge >= 0.3 is 20.2 Å². The number of hydrogen-bond acceptors (Lipinski definition) is 19. The minimum Gasteiger partial charge on any atom is -0.481 e. The number of rotatable bonds is 12. The molecule has 2 aliphatic heterocycles. The van der Waals surface area contributed by atoms with Crippen LogP contribution in [0.4, 0.5) is 8.78 Å². The smallest absolute Gasteiger partial charge is 0.306 e. The number of halogens is 2. The third-order valence-electron chi connectivity index (χ3n) is 10.4. The van der Waals surface area contributed by atoms with Gasteiger partial charge in [-0.1, -0.05) is 48.5 Å². The Kier molecular flexibility index (Phi) is 15.2. The minimum absolute atomic E-state index is 0.0188. The summed E-state index contributed by atoms with van der Waals surface area (Å²) >= 11 is 0. The monoisotopic (exact) mass is 1030 g/mol. The van der Waals surface area contributed by atoms with Crippen LogP contribution >= 0.6 is 0 Å². The average molecular weight is 1030 g/mol. The third-order valence-corrected chi connectivity index (χ3v) is 11.4. The number of likely N-dealkylation sites (N-methyl/N-ethyl adjacent to an activating group) is 2. The molecule has 0 bridgehead atoms. The number of para-hydroxylation sites is 2. The van der Waals surface area contributed by atoms with Crippen molar-refractivity contribution in [3.05, 3.63) is 143 Å². The van der Waals surface area contributed by atoms with Crippen molar-refractivity contribution in [2.75, 3.05) is 40.8 Å². The van der Waals surface area contributed by atoms with Crippen LogP contribution < -0.4 is 29.3 Å². The molecule has 0 spiro atoms. The molecular weight excluding hydrogens is 987 g/mol. The third kappa shape index (κ3) is 10.9. The Hall–Kier alpha value is -8.65. The molecule has 72 heavy (non-hydrogen) atoms. The number of carbonyl (C=O) groups excluding carboxylic acids is 2. The van der Waals surface area contributed by atoms with E-state index >= 15 is 0 Å². The van der Waals surface area contributed by atoms with Gasteiger partial charge in [0.1, 0.15) is 23.1 Å². The van der Waals surface area contributed by atoms with Gasteiger partial charge in [-0.2, -0.15) is 26.8 Å². The van der Waals surface area contributed by atoms with E-state index in [-0.39, 0.29) is 80.2 Å². The molecular formula is C46H44F2N10O12S2. The van der Waals surface area contributed by atoms with Crippen molar-refractivity contribution >= 4 is 49.9 Å². The van der Waals surface area contributed by atoms with Gasteiger partial charge in [0.25, 0.3) is 17.8 Å². The van der Waals surface area contributed by atoms with E-state index in [1.807, 2.05) is 0 Å². The van der Waals surface area contributed by atoms with Crippen molar-refractivity contribution < 1.29 is 62.9 Å². The van der Waals surface area contributed by atoms with Crippen molar-refractivity contribution in [1.82, 2.24) is 29.7 Å². The Morgan fingerprint density at radius 3 is 1.28 bits per heavy atom. The van der Waals surface area contributed by atoms with Crippen LogP contribution in [0.1, 0.15) is 29.2 Å². The summed E-state index contributed by atoms with van der Waals surface area (Å²) in [6.07, 6.45) is 4.57. The van der Waals surface area contributed by atoms with Gasteiger partial charge in [0.2, 0.25) is 11.8 Å². The lowest BCUT2D eigenvalue weighted by Crippen LogP contribution is -2.41. The van der Waals surface area contributed by atoms with Gasteiger partial charge in [-0.3, -0.25) is 24.2 Å². The van der Waals surface area contributed by atoms with E-state index in [1.54, 1.807) is 24.3 Å². The maximum atomic E-state index is 14.9. The maximum absolute atomic E-state index is 14.9. The number of guanidine groups is 2. The van der Waals surface area contributed by atoms with E-state index in [0.29, 0.717) is 0 Å². The molecule has 4 heterocycles. The molecule has 2 aromatic heterocycles. The van der Waals surface area contributed by atoms with Crippen LogP contribution in [0.2, 0.25) is 0 Å². The number of nitrogens with two attached hydrogens (primary N) is 2. The number of carbonyl (C=O) groups is 3. The lowest BCUT2D eigenvalue weighted by atomic mass is 9.81. The SMILES string of the molecule is CC(=O)O.COc1ccnc(-c2cc(C3(c4ccccc4OS(C)(=O)=O)N=C(N)N(C)C3=O)ccc2F)n1.COc1ccnc(-c2cc(C3(c4ccccc4OS(C)(=O)=O)N=C(N)N(C)C3=O)ccc2F)n1. The zero-order valence-corrected chi connectivity index (χ0v) is 40.8. The summed E-state index contributed by atoms with van der Waals surface area (Å²) in [6, 6.07) is 22.9. The molecule has 0 saturated heterocycles. The summed E-state index contributed by atoms with van der Waals surface area (Å²) in [5.74, 6) is -3.28. The Labute approximate surface area is 410 Å². The van der Waals surface area contributed by atoms with Crippen LogP contribution in [0.3, 0.4) is 0 Å². The molecule has 5 N–H and O–H groups in total. The standard InChI is InChI=1S/2C22H20FN5O5S.C2H4O2/c2*1-28-20(29)22(27-21(28)24,15-6-4-5-7-17(15)33-34(3,30)31)13-8-9-16(23)14(12-13)19-25-11-10-18(26-19)32-2;1-2(3)4/h2*4-12H,1-3H3,(H2,24,27);1H3,(H,3,4). The molecule has 0 fully saturated rings. The lowest BCUT2D eigenvalue weighted by Gasteiger charge is -2.28. The summed E-state index contributed by atoms with van der Waals surface area (Å²) in [4.78, 5) is 63.8. The van der Waals surface area contributed by atoms with Crippen molar-refractivity contribution in [2.24, 2.45) is 21.5 Å². The Morgan fingerprint density at radius 2 is 0.972 bits per heavy atom. The molecule has 0 radical (unpaired) electrons. The molecule has 2 atom stereocenters. The Morgan fingerprint density at radius 1 is 0.625 bits per heavy atom. The highest BCUT2D eigenvalue weighted by Gasteiger charge is 2.53. The normalized spacial score (nSPS) is 17.4. The van der Waals surface area contributed by atoms with Gasteiger partial charge in [0, 0.05) is 56.7 Å². The number of aliphatic imine (C=N–C) groups is 2. The predicted molar refractivity (Wildman–Crippen MR) is 255 cm³/mol. The number of aliphatic carboxylic acids is 1. The minimum atomic E-state index is -3.95. The molecule has 8 rings (SSSR count). The number of carboxylic acid groups (broad SMARTS) is 1. The first-order valence-corrected chi connectivity index (χ1v) is 24.3. The molecule has 22 nitrogen and oxygen atoms in total. The average Bonchev–Trinajstić information content (AvgIpc) is 3.70. The number of hydrogen-bond donors (Lipinski definition) is 3. The van der Waals surface area contributed by atoms with E-state index in [1.165, 1.54) is 101 Å². The molecule has 0 aliphatic carbocycles. The predicted octanol–water partition coefficient (Wildman–Crippen LogP) is 3.41. The van der Waals surface area contributed by atoms with E-state index in [2.05, 4.69) is 29.9 Å². The highest BCUT2D eigenvalue weighted by Crippen LogP contribution is 2.46. The van der Waals surface area contributed by atoms with Crippen molar-refractivity contribution in [3.8, 4) is 46.0 Å². The molecule has 0 saturated carbocycles. The lowest BCUT2D eigenvalue weighted by molar-refractivity contribution is -0.134. The van der Waals surface area contributed by atoms with Gasteiger partial charge in [-0.25, -0.2) is 28.7 Å². The van der Waals surface area contributed by atoms with Crippen LogP contribution in [0.15, 0.2) is 119 Å². The van der Waals surface area contributed by atoms with E-state index < -0.39 is 60.7 Å². The fourth-order valence-corrected chi connectivity index (χ4v) is 8.28. The number of aromatic nitrogens is 4. The second kappa shape index (κ2) is 20.7. The maximum Gasteiger partial charge on any atom is 0.306 e. The second-order valence-electron chi connectivity index (χ2n) is 15.4. The molecule has 2 amide bonds. The van der Waals surface area contributed by atoms with Crippen LogP contribution in [-0.4, -0.2) is 122 Å². The van der Waals surface area contributed by atoms with Crippen LogP contribution in [0.25, 0.3) is 22.8 Å². The van der Waals surface area contributed by atoms with Crippen molar-refractivity contribution in [3.63, 3.8) is 0 Å². The van der Waals surface area contributed by atoms with Crippen molar-refractivity contribution in [2.45, 2.75) is 18.0 Å². The summed E-state index contributed by atoms with van der Waals surface area (Å²) in [7, 11) is -2.21. The fraction of sp³-hybridized carbons (Fsp3) is 0.196. The van der Waals surface area contributed by atoms with Crippen LogP contribution in [-0.2, 0) is 45.7 Å². The first kappa shape index (κ1) is 52.7. The topological polar surface area (TPSA) is 311 Å². The number of methoxy groups -OCH3 is 2. The largest absolute Gasteiger partial charge is 0.481 e. The summed E-state index contributed by atoms with van der Waals surface area (Å²) in [6.45, 7) is 1.08. The summed E-state index contributed by atoms with van der Waals surface area (Å²) in [5, 5.41) is 7.42. The van der Waals surface area contributed by atoms with E-state index in [0.717, 1.165) is 41.4 Å². The molecule has 2 unspecified atom stereocenters. The number of carboxylic acids is 1. The number of benzene rings is 4. The molecule has 376 valence electrons. The van der Waals surface area contributed by atoms with Crippen LogP contribution in [0.5, 0.6) is 23.3 Å². The van der Waals surface area contributed by atoms with Gasteiger partial charge in [0.05, 0.1) is 37.9 Å². The quantitative estimate of drug-likeness (QED) is 0.148. The highest BCUT2D eigenvalue weighted by molar-refractivity contribution is 7.86. The number of ether oxygens (including phenoxy) is 2. The number of amides is 2. The summed E-state index contributed by atoms with van der Waals surface area (Å²) in [5.41, 5.74) is 8.89. The Bertz CT molecular complexity index is 3180. The second-order valence-corrected chi connectivity index (χ2v) is 18.6. The van der Waals surface area contributed by atoms with Crippen molar-refractivity contribution in [1.29, 1.82) is 0 Å². The van der Waals surface area contributed by atoms with E-state index in [4.69, 9.17) is 39.2 Å². The molecule has 2 aliphatic rings. The highest BCUT2D eigenvalue weighted by atomic mass is 32.2. The molecule has 6 aromatic rings. The zero-order valence-electron chi connectivity index (χ0n) is 39.1. The van der Waals surface area contributed by atoms with Gasteiger partial charge in [-0.15, -0.1) is 0 Å². The fourth-order valence-electron chi connectivity index (χ4n) is 7.34.